The molecule has 0 heterocycles. The molecule has 0 nitrogen and oxygen atoms in total. The van der Waals surface area contributed by atoms with E-state index in [1.807, 2.05) is 0 Å². The van der Waals surface area contributed by atoms with Crippen molar-refractivity contribution in [2.24, 2.45) is 0 Å². The largest absolute Gasteiger partial charge is 0.207 e. The van der Waals surface area contributed by atoms with Gasteiger partial charge in [0.15, 0.2) is 0 Å². The van der Waals surface area contributed by atoms with Gasteiger partial charge in [-0.3, -0.25) is 0 Å². The van der Waals surface area contributed by atoms with Gasteiger partial charge in [0.25, 0.3) is 0 Å². The van der Waals surface area contributed by atoms with Crippen LogP contribution in [-0.4, -0.2) is 5.37 Å². The second-order valence-corrected chi connectivity index (χ2v) is 1.81. The van der Waals surface area contributed by atoms with E-state index in [0.717, 1.165) is 5.56 Å². The first-order chi connectivity index (χ1) is 4.33. The smallest absolute Gasteiger partial charge is 0.123 e. The molecule has 0 aromatic heterocycles. The van der Waals surface area contributed by atoms with E-state index in [0.29, 0.717) is 0 Å². The lowest BCUT2D eigenvalue weighted by molar-refractivity contribution is 0.628. The number of hydrogen-bond acceptors (Lipinski definition) is 1. The molecule has 0 saturated heterocycles. The highest BCUT2D eigenvalue weighted by atomic mass is 32.1. The molecule has 0 aliphatic carbocycles. The number of benzene rings is 1. The Balaban J connectivity index is 3.01. The molecule has 0 atom stereocenters. The summed E-state index contributed by atoms with van der Waals surface area (Å²) in [6.45, 7) is 0. The van der Waals surface area contributed by atoms with Crippen LogP contribution in [-0.2, 0) is 0 Å². The Morgan fingerprint density at radius 1 is 1.22 bits per heavy atom. The van der Waals surface area contributed by atoms with Gasteiger partial charge in [-0.05, 0) is 17.7 Å². The molecule has 9 heavy (non-hydrogen) atoms. The summed E-state index contributed by atoms with van der Waals surface area (Å²) in [5.41, 5.74) is 0.742. The average molecular weight is 139 g/mol. The zero-order chi connectivity index (χ0) is 6.69. The fourth-order valence-electron chi connectivity index (χ4n) is 0.518. The second-order valence-electron chi connectivity index (χ2n) is 1.61. The molecule has 0 spiro atoms. The van der Waals surface area contributed by atoms with Gasteiger partial charge in [0.2, 0.25) is 0 Å². The van der Waals surface area contributed by atoms with Gasteiger partial charge in [-0.15, -0.1) is 0 Å². The standard InChI is InChI=1S/C7H4FS/c8-7-3-1-6(5-9)2-4-7/h1-4H. The molecule has 0 bridgehead atoms. The maximum absolute atomic E-state index is 12.2. The summed E-state index contributed by atoms with van der Waals surface area (Å²) < 4.78 is 12.2. The van der Waals surface area contributed by atoms with Crippen molar-refractivity contribution in [2.45, 2.75) is 0 Å². The summed E-state index contributed by atoms with van der Waals surface area (Å²) in [5, 5.41) is 2.47. The van der Waals surface area contributed by atoms with Crippen molar-refractivity contribution < 1.29 is 4.39 Å². The minimum absolute atomic E-state index is 0.246. The molecule has 1 rings (SSSR count). The summed E-state index contributed by atoms with van der Waals surface area (Å²) in [7, 11) is 0. The van der Waals surface area contributed by atoms with Gasteiger partial charge in [0.05, 0.1) is 5.37 Å². The van der Waals surface area contributed by atoms with E-state index in [2.05, 4.69) is 17.6 Å². The van der Waals surface area contributed by atoms with Crippen LogP contribution in [0.2, 0.25) is 0 Å². The van der Waals surface area contributed by atoms with Crippen molar-refractivity contribution in [1.29, 1.82) is 0 Å². The molecule has 1 radical (unpaired) electrons. The average Bonchev–Trinajstić information content (AvgIpc) is 1.90. The molecule has 0 aliphatic rings. The van der Waals surface area contributed by atoms with Crippen LogP contribution in [0, 0.1) is 5.82 Å². The van der Waals surface area contributed by atoms with E-state index in [-0.39, 0.29) is 5.82 Å². The highest BCUT2D eigenvalue weighted by Crippen LogP contribution is 1.99. The molecule has 1 aromatic rings. The van der Waals surface area contributed by atoms with Crippen molar-refractivity contribution in [1.82, 2.24) is 0 Å². The van der Waals surface area contributed by atoms with Crippen LogP contribution in [0.3, 0.4) is 0 Å². The number of halogens is 1. The third-order valence-corrected chi connectivity index (χ3v) is 1.20. The fourth-order valence-corrected chi connectivity index (χ4v) is 0.654. The Hall–Kier alpha value is -0.760. The minimum atomic E-state index is -0.246. The first-order valence-electron chi connectivity index (χ1n) is 2.46. The maximum Gasteiger partial charge on any atom is 0.123 e. The van der Waals surface area contributed by atoms with Gasteiger partial charge in [0.1, 0.15) is 5.82 Å². The van der Waals surface area contributed by atoms with Gasteiger partial charge < -0.3 is 0 Å². The predicted octanol–water partition coefficient (Wildman–Crippen LogP) is 2.05. The third-order valence-electron chi connectivity index (χ3n) is 0.962. The lowest BCUT2D eigenvalue weighted by Gasteiger charge is -1.87. The molecule has 1 aromatic carbocycles. The van der Waals surface area contributed by atoms with Gasteiger partial charge in [-0.25, -0.2) is 4.39 Å². The summed E-state index contributed by atoms with van der Waals surface area (Å²) in [6.07, 6.45) is 0. The number of hydrogen-bond donors (Lipinski definition) is 0. The molecule has 0 aliphatic heterocycles. The van der Waals surface area contributed by atoms with E-state index in [1.54, 1.807) is 12.1 Å². The van der Waals surface area contributed by atoms with E-state index >= 15 is 0 Å². The van der Waals surface area contributed by atoms with Crippen molar-refractivity contribution in [3.05, 3.63) is 35.6 Å². The van der Waals surface area contributed by atoms with Crippen molar-refractivity contribution in [3.63, 3.8) is 0 Å². The first kappa shape index (κ1) is 6.36. The number of rotatable bonds is 1. The molecule has 0 N–H and O–H groups in total. The molecule has 0 fully saturated rings. The van der Waals surface area contributed by atoms with Crippen molar-refractivity contribution >= 4 is 17.6 Å². The van der Waals surface area contributed by atoms with Gasteiger partial charge in [-0.1, -0.05) is 24.4 Å². The van der Waals surface area contributed by atoms with Gasteiger partial charge in [-0.2, -0.15) is 0 Å². The summed E-state index contributed by atoms with van der Waals surface area (Å²) in [6, 6.07) is 5.88. The van der Waals surface area contributed by atoms with Crippen LogP contribution < -0.4 is 0 Å². The topological polar surface area (TPSA) is 0 Å². The summed E-state index contributed by atoms with van der Waals surface area (Å²) in [5.74, 6) is -0.246. The third kappa shape index (κ3) is 1.57. The van der Waals surface area contributed by atoms with Crippen molar-refractivity contribution in [3.8, 4) is 0 Å². The van der Waals surface area contributed by atoms with Crippen LogP contribution >= 0.6 is 12.2 Å². The SMILES string of the molecule is Fc1ccc([C]=S)cc1. The lowest BCUT2D eigenvalue weighted by atomic mass is 10.2. The van der Waals surface area contributed by atoms with Crippen LogP contribution in [0.1, 0.15) is 5.56 Å². The van der Waals surface area contributed by atoms with Crippen LogP contribution in [0.25, 0.3) is 0 Å². The molecule has 0 unspecified atom stereocenters. The Kier molecular flexibility index (Phi) is 1.90. The van der Waals surface area contributed by atoms with Crippen LogP contribution in [0.4, 0.5) is 4.39 Å². The monoisotopic (exact) mass is 139 g/mol. The Morgan fingerprint density at radius 3 is 2.22 bits per heavy atom. The highest BCUT2D eigenvalue weighted by molar-refractivity contribution is 7.79. The summed E-state index contributed by atoms with van der Waals surface area (Å²) in [4.78, 5) is 0. The van der Waals surface area contributed by atoms with Gasteiger partial charge >= 0.3 is 0 Å². The minimum Gasteiger partial charge on any atom is -0.207 e. The van der Waals surface area contributed by atoms with E-state index in [1.165, 1.54) is 12.1 Å². The fraction of sp³-hybridized carbons (Fsp3) is 0. The molecular formula is C7H4FS. The van der Waals surface area contributed by atoms with E-state index in [9.17, 15) is 4.39 Å². The number of thiocarbonyl (C=S) groups is 1. The summed E-state index contributed by atoms with van der Waals surface area (Å²) >= 11 is 4.49. The highest BCUT2D eigenvalue weighted by Gasteiger charge is 1.86. The Bertz CT molecular complexity index is 203. The molecule has 2 heteroatoms. The Morgan fingerprint density at radius 2 is 1.78 bits per heavy atom. The maximum atomic E-state index is 12.2. The second kappa shape index (κ2) is 2.69. The quantitative estimate of drug-likeness (QED) is 0.536. The zero-order valence-electron chi connectivity index (χ0n) is 4.60. The van der Waals surface area contributed by atoms with Crippen molar-refractivity contribution in [2.75, 3.05) is 0 Å². The Labute approximate surface area is 58.3 Å². The van der Waals surface area contributed by atoms with Crippen LogP contribution in [0.15, 0.2) is 24.3 Å². The van der Waals surface area contributed by atoms with E-state index in [4.69, 9.17) is 0 Å². The molecular weight excluding hydrogens is 135 g/mol. The van der Waals surface area contributed by atoms with E-state index < -0.39 is 0 Å². The molecule has 0 saturated carbocycles. The zero-order valence-corrected chi connectivity index (χ0v) is 5.41. The van der Waals surface area contributed by atoms with Gasteiger partial charge in [0, 0.05) is 0 Å². The van der Waals surface area contributed by atoms with Crippen LogP contribution in [0.5, 0.6) is 0 Å². The molecule has 45 valence electrons. The first-order valence-corrected chi connectivity index (χ1v) is 2.87. The molecule has 0 amide bonds. The lowest BCUT2D eigenvalue weighted by Crippen LogP contribution is -1.77. The normalized spacial score (nSPS) is 9.00. The predicted molar refractivity (Wildman–Crippen MR) is 38.1 cm³/mol.